The number of ether oxygens (including phenoxy) is 1. The number of nitriles is 1. The normalized spacial score (nSPS) is 9.80. The number of hydrogen-bond acceptors (Lipinski definition) is 4. The lowest BCUT2D eigenvalue weighted by Crippen LogP contribution is -2.02. The van der Waals surface area contributed by atoms with Crippen molar-refractivity contribution < 1.29 is 9.53 Å². The van der Waals surface area contributed by atoms with Crippen molar-refractivity contribution >= 4 is 27.4 Å². The molecule has 2 rings (SSSR count). The lowest BCUT2D eigenvalue weighted by molar-refractivity contribution is 0.0561. The molecule has 0 radical (unpaired) electrons. The van der Waals surface area contributed by atoms with Crippen molar-refractivity contribution in [2.24, 2.45) is 0 Å². The maximum Gasteiger partial charge on any atom is 0.349 e. The largest absolute Gasteiger partial charge is 0.446 e. The van der Waals surface area contributed by atoms with E-state index in [2.05, 4.69) is 0 Å². The van der Waals surface area contributed by atoms with E-state index in [0.29, 0.717) is 4.88 Å². The highest BCUT2D eigenvalue weighted by molar-refractivity contribution is 7.20. The van der Waals surface area contributed by atoms with Gasteiger partial charge in [0.05, 0.1) is 0 Å². The molecule has 0 amide bonds. The SMILES string of the molecule is N#CCOC(=O)c1cc2ccccc2s1. The topological polar surface area (TPSA) is 50.1 Å². The highest BCUT2D eigenvalue weighted by atomic mass is 32.1. The van der Waals surface area contributed by atoms with Gasteiger partial charge in [-0.25, -0.2) is 4.79 Å². The van der Waals surface area contributed by atoms with E-state index < -0.39 is 5.97 Å². The Hall–Kier alpha value is -1.86. The summed E-state index contributed by atoms with van der Waals surface area (Å²) >= 11 is 1.37. The summed E-state index contributed by atoms with van der Waals surface area (Å²) in [5.41, 5.74) is 0. The third-order valence-corrected chi connectivity index (χ3v) is 2.99. The van der Waals surface area contributed by atoms with Gasteiger partial charge < -0.3 is 4.74 Å². The minimum absolute atomic E-state index is 0.201. The molecule has 0 aliphatic rings. The maximum atomic E-state index is 11.4. The van der Waals surface area contributed by atoms with E-state index in [4.69, 9.17) is 10.00 Å². The quantitative estimate of drug-likeness (QED) is 0.726. The molecule has 15 heavy (non-hydrogen) atoms. The van der Waals surface area contributed by atoms with Gasteiger partial charge in [-0.05, 0) is 17.5 Å². The molecule has 0 atom stereocenters. The number of carbonyl (C=O) groups is 1. The molecule has 2 aromatic rings. The second-order valence-corrected chi connectivity index (χ2v) is 3.97. The molecule has 0 spiro atoms. The van der Waals surface area contributed by atoms with Crippen molar-refractivity contribution in [2.45, 2.75) is 0 Å². The van der Waals surface area contributed by atoms with Crippen LogP contribution in [0.15, 0.2) is 30.3 Å². The van der Waals surface area contributed by atoms with Gasteiger partial charge in [-0.2, -0.15) is 5.26 Å². The minimum Gasteiger partial charge on any atom is -0.446 e. The van der Waals surface area contributed by atoms with Crippen LogP contribution >= 0.6 is 11.3 Å². The summed E-state index contributed by atoms with van der Waals surface area (Å²) < 4.78 is 5.76. The Labute approximate surface area is 90.5 Å². The Morgan fingerprint density at radius 2 is 2.27 bits per heavy atom. The lowest BCUT2D eigenvalue weighted by Gasteiger charge is -1.94. The van der Waals surface area contributed by atoms with E-state index in [1.165, 1.54) is 11.3 Å². The van der Waals surface area contributed by atoms with Gasteiger partial charge in [0.25, 0.3) is 0 Å². The van der Waals surface area contributed by atoms with Crippen LogP contribution in [0.25, 0.3) is 10.1 Å². The molecule has 1 heterocycles. The number of carbonyl (C=O) groups excluding carboxylic acids is 1. The predicted octanol–water partition coefficient (Wildman–Crippen LogP) is 2.58. The fourth-order valence-corrected chi connectivity index (χ4v) is 2.21. The number of benzene rings is 1. The first-order valence-corrected chi connectivity index (χ1v) is 5.15. The van der Waals surface area contributed by atoms with E-state index in [0.717, 1.165) is 10.1 Å². The molecule has 1 aromatic heterocycles. The first-order chi connectivity index (χ1) is 7.31. The number of esters is 1. The molecule has 1 aromatic carbocycles. The van der Waals surface area contributed by atoms with Crippen LogP contribution in [0.4, 0.5) is 0 Å². The number of fused-ring (bicyclic) bond motifs is 1. The monoisotopic (exact) mass is 217 g/mol. The number of nitrogens with zero attached hydrogens (tertiary/aromatic N) is 1. The smallest absolute Gasteiger partial charge is 0.349 e. The Kier molecular flexibility index (Phi) is 2.66. The summed E-state index contributed by atoms with van der Waals surface area (Å²) in [5, 5.41) is 9.30. The van der Waals surface area contributed by atoms with Crippen molar-refractivity contribution in [2.75, 3.05) is 6.61 Å². The highest BCUT2D eigenvalue weighted by Gasteiger charge is 2.10. The highest BCUT2D eigenvalue weighted by Crippen LogP contribution is 2.25. The van der Waals surface area contributed by atoms with E-state index in [1.54, 1.807) is 12.1 Å². The molecule has 3 nitrogen and oxygen atoms in total. The van der Waals surface area contributed by atoms with Gasteiger partial charge in [-0.3, -0.25) is 0 Å². The first-order valence-electron chi connectivity index (χ1n) is 4.34. The molecule has 0 unspecified atom stereocenters. The third kappa shape index (κ3) is 1.97. The molecular formula is C11H7NO2S. The summed E-state index contributed by atoms with van der Waals surface area (Å²) in [6.45, 7) is -0.201. The van der Waals surface area contributed by atoms with Crippen LogP contribution < -0.4 is 0 Å². The Bertz CT molecular complexity index is 506. The molecule has 0 fully saturated rings. The summed E-state index contributed by atoms with van der Waals surface area (Å²) in [4.78, 5) is 11.9. The average Bonchev–Trinajstić information content (AvgIpc) is 2.69. The van der Waals surface area contributed by atoms with Gasteiger partial charge in [-0.1, -0.05) is 18.2 Å². The summed E-state index contributed by atoms with van der Waals surface area (Å²) in [7, 11) is 0. The number of thiophene rings is 1. The third-order valence-electron chi connectivity index (χ3n) is 1.89. The number of hydrogen-bond donors (Lipinski definition) is 0. The molecule has 74 valence electrons. The summed E-state index contributed by atoms with van der Waals surface area (Å²) in [5.74, 6) is -0.433. The van der Waals surface area contributed by atoms with E-state index in [-0.39, 0.29) is 6.61 Å². The van der Waals surface area contributed by atoms with Crippen molar-refractivity contribution in [3.8, 4) is 6.07 Å². The van der Waals surface area contributed by atoms with Gasteiger partial charge in [-0.15, -0.1) is 11.3 Å². The predicted molar refractivity (Wildman–Crippen MR) is 57.7 cm³/mol. The van der Waals surface area contributed by atoms with Gasteiger partial charge in [0.1, 0.15) is 10.9 Å². The lowest BCUT2D eigenvalue weighted by atomic mass is 10.2. The number of rotatable bonds is 2. The van der Waals surface area contributed by atoms with Crippen LogP contribution in [-0.4, -0.2) is 12.6 Å². The van der Waals surface area contributed by atoms with Gasteiger partial charge in [0.15, 0.2) is 6.61 Å². The second-order valence-electron chi connectivity index (χ2n) is 2.88. The van der Waals surface area contributed by atoms with Crippen LogP contribution in [0.5, 0.6) is 0 Å². The Morgan fingerprint density at radius 3 is 3.00 bits per heavy atom. The van der Waals surface area contributed by atoms with Gasteiger partial charge in [0, 0.05) is 4.70 Å². The molecule has 0 aliphatic carbocycles. The van der Waals surface area contributed by atoms with Crippen molar-refractivity contribution in [1.82, 2.24) is 0 Å². The Morgan fingerprint density at radius 1 is 1.47 bits per heavy atom. The van der Waals surface area contributed by atoms with Crippen molar-refractivity contribution in [1.29, 1.82) is 5.26 Å². The second kappa shape index (κ2) is 4.11. The van der Waals surface area contributed by atoms with Gasteiger partial charge in [0.2, 0.25) is 0 Å². The standard InChI is InChI=1S/C11H7NO2S/c12-5-6-14-11(13)10-7-8-3-1-2-4-9(8)15-10/h1-4,7H,6H2. The minimum atomic E-state index is -0.433. The molecule has 0 saturated heterocycles. The van der Waals surface area contributed by atoms with E-state index >= 15 is 0 Å². The zero-order valence-corrected chi connectivity index (χ0v) is 8.58. The van der Waals surface area contributed by atoms with Crippen molar-refractivity contribution in [3.05, 3.63) is 35.2 Å². The van der Waals surface area contributed by atoms with E-state index in [9.17, 15) is 4.79 Å². The Balaban J connectivity index is 2.29. The molecule has 0 N–H and O–H groups in total. The molecule has 4 heteroatoms. The molecule has 0 aliphatic heterocycles. The van der Waals surface area contributed by atoms with Crippen LogP contribution in [0.3, 0.4) is 0 Å². The van der Waals surface area contributed by atoms with E-state index in [1.807, 2.05) is 24.3 Å². The molecule has 0 saturated carbocycles. The maximum absolute atomic E-state index is 11.4. The summed E-state index contributed by atoms with van der Waals surface area (Å²) in [6, 6.07) is 11.3. The molecular weight excluding hydrogens is 210 g/mol. The van der Waals surface area contributed by atoms with Crippen LogP contribution in [-0.2, 0) is 4.74 Å². The van der Waals surface area contributed by atoms with Crippen LogP contribution in [0.1, 0.15) is 9.67 Å². The van der Waals surface area contributed by atoms with Gasteiger partial charge >= 0.3 is 5.97 Å². The first kappa shape index (κ1) is 9.69. The van der Waals surface area contributed by atoms with Crippen molar-refractivity contribution in [3.63, 3.8) is 0 Å². The average molecular weight is 217 g/mol. The summed E-state index contributed by atoms with van der Waals surface area (Å²) in [6.07, 6.45) is 0. The fourth-order valence-electron chi connectivity index (χ4n) is 1.25. The zero-order chi connectivity index (χ0) is 10.7. The molecule has 0 bridgehead atoms. The zero-order valence-electron chi connectivity index (χ0n) is 7.77. The fraction of sp³-hybridized carbons (Fsp3) is 0.0909. The van der Waals surface area contributed by atoms with Crippen LogP contribution in [0.2, 0.25) is 0 Å². The van der Waals surface area contributed by atoms with Crippen LogP contribution in [0, 0.1) is 11.3 Å².